The Balaban J connectivity index is 1.89. The number of aryl methyl sites for hydroxylation is 2. The number of hydrogen-bond donors (Lipinski definition) is 1. The highest BCUT2D eigenvalue weighted by Gasteiger charge is 2.61. The molecule has 0 aliphatic carbocycles. The Labute approximate surface area is 198 Å². The predicted octanol–water partition coefficient (Wildman–Crippen LogP) is 5.15. The lowest BCUT2D eigenvalue weighted by molar-refractivity contribution is -0.837. The third-order valence-corrected chi connectivity index (χ3v) is 7.56. The highest BCUT2D eigenvalue weighted by molar-refractivity contribution is 5.86. The van der Waals surface area contributed by atoms with Gasteiger partial charge < -0.3 is 4.74 Å². The van der Waals surface area contributed by atoms with Crippen LogP contribution in [0.3, 0.4) is 0 Å². The molecule has 3 aromatic rings. The van der Waals surface area contributed by atoms with Crippen molar-refractivity contribution in [3.05, 3.63) is 70.4 Å². The van der Waals surface area contributed by atoms with Crippen molar-refractivity contribution < 1.29 is 40.6 Å². The molecule has 1 N–H and O–H groups in total. The third kappa shape index (κ3) is 3.07. The molecule has 0 bridgehead atoms. The summed E-state index contributed by atoms with van der Waals surface area (Å²) in [5, 5.41) is 0. The number of hydrogen-bond acceptors (Lipinski definition) is 2. The van der Waals surface area contributed by atoms with Gasteiger partial charge in [0.25, 0.3) is 11.5 Å². The van der Waals surface area contributed by atoms with Crippen LogP contribution in [-0.4, -0.2) is 11.0 Å². The first-order chi connectivity index (χ1) is 16.5. The largest absolute Gasteiger partial charge is 0.422 e. The van der Waals surface area contributed by atoms with Gasteiger partial charge in [-0.05, 0) is 37.0 Å². The van der Waals surface area contributed by atoms with Gasteiger partial charge in [-0.2, -0.15) is 22.3 Å². The monoisotopic (exact) mass is 493 g/mol. The van der Waals surface area contributed by atoms with E-state index in [0.717, 1.165) is 6.07 Å². The number of aromatic nitrogens is 3. The zero-order valence-corrected chi connectivity index (χ0v) is 19.6. The maximum atomic E-state index is 15.7. The summed E-state index contributed by atoms with van der Waals surface area (Å²) in [6.07, 6.45) is -2.22. The molecule has 2 atom stereocenters. The minimum atomic E-state index is -5.20. The molecule has 184 valence electrons. The normalized spacial score (nSPS) is 20.3. The second-order valence-electron chi connectivity index (χ2n) is 9.20. The number of cyclic esters (lactones) is 1. The number of aromatic amines is 1. The van der Waals surface area contributed by atoms with Crippen molar-refractivity contribution in [2.45, 2.75) is 64.4 Å². The fourth-order valence-electron chi connectivity index (χ4n) is 5.87. The minimum absolute atomic E-state index is 0.138. The topological polar surface area (TPSA) is 49.9 Å². The lowest BCUT2D eigenvalue weighted by atomic mass is 9.65. The second kappa shape index (κ2) is 7.60. The van der Waals surface area contributed by atoms with Crippen LogP contribution in [0.25, 0.3) is 11.3 Å². The predicted molar refractivity (Wildman–Crippen MR) is 113 cm³/mol. The molecule has 0 amide bonds. The van der Waals surface area contributed by atoms with E-state index in [9.17, 15) is 22.4 Å². The summed E-state index contributed by atoms with van der Waals surface area (Å²) in [6.45, 7) is 7.14. The van der Waals surface area contributed by atoms with Gasteiger partial charge in [0.05, 0.1) is 11.0 Å². The number of pyridine rings is 1. The Morgan fingerprint density at radius 2 is 1.80 bits per heavy atom. The first-order valence-electron chi connectivity index (χ1n) is 11.4. The summed E-state index contributed by atoms with van der Waals surface area (Å²) in [6, 6.07) is 3.48. The lowest BCUT2D eigenvalue weighted by Gasteiger charge is -2.42. The number of imidazole rings is 1. The van der Waals surface area contributed by atoms with Gasteiger partial charge in [0.15, 0.2) is 12.0 Å². The zero-order chi connectivity index (χ0) is 25.4. The van der Waals surface area contributed by atoms with Crippen molar-refractivity contribution in [2.24, 2.45) is 0 Å². The van der Waals surface area contributed by atoms with E-state index in [1.165, 1.54) is 6.20 Å². The van der Waals surface area contributed by atoms with Gasteiger partial charge in [-0.25, -0.2) is 18.6 Å². The molecule has 2 aromatic heterocycles. The van der Waals surface area contributed by atoms with Gasteiger partial charge in [0, 0.05) is 19.1 Å². The van der Waals surface area contributed by atoms with Crippen LogP contribution < -0.4 is 9.13 Å². The van der Waals surface area contributed by atoms with E-state index in [0.29, 0.717) is 29.9 Å². The van der Waals surface area contributed by atoms with Gasteiger partial charge in [-0.1, -0.05) is 13.8 Å². The first-order valence-corrected chi connectivity index (χ1v) is 11.4. The number of carbonyl (C=O) groups excluding carboxylic acids is 1. The Hall–Kier alpha value is -3.30. The van der Waals surface area contributed by atoms with E-state index in [1.807, 2.05) is 13.8 Å². The number of nitrogens with zero attached hydrogens (tertiary/aromatic N) is 2. The maximum absolute atomic E-state index is 15.7. The van der Waals surface area contributed by atoms with Crippen LogP contribution in [0.15, 0.2) is 30.6 Å². The number of fused-ring (bicyclic) bond motifs is 4. The highest BCUT2D eigenvalue weighted by Crippen LogP contribution is 2.53. The van der Waals surface area contributed by atoms with Crippen LogP contribution in [0.4, 0.5) is 22.0 Å². The summed E-state index contributed by atoms with van der Waals surface area (Å²) in [7, 11) is 0. The fraction of sp³-hybridized carbons (Fsp3) is 0.400. The average Bonchev–Trinajstić information content (AvgIpc) is 3.32. The van der Waals surface area contributed by atoms with Crippen molar-refractivity contribution in [3.8, 4) is 11.3 Å². The van der Waals surface area contributed by atoms with Crippen LogP contribution in [0.1, 0.15) is 72.0 Å². The quantitative estimate of drug-likeness (QED) is 0.312. The summed E-state index contributed by atoms with van der Waals surface area (Å²) in [5.74, 6) is -3.20. The summed E-state index contributed by atoms with van der Waals surface area (Å²) >= 11 is 0. The average molecular weight is 493 g/mol. The summed E-state index contributed by atoms with van der Waals surface area (Å²) in [4.78, 5) is 15.7. The Kier molecular flexibility index (Phi) is 5.09. The number of nitrogens with one attached hydrogen (secondary N) is 1. The van der Waals surface area contributed by atoms with Crippen molar-refractivity contribution in [1.82, 2.24) is 4.98 Å². The SMILES string of the molecule is CCC1(CC)c2cc(F)c(C(F)(F)F)c(F)c2-c2cc(C)cc[n+]2C1C1OC(=O)c2c[nH]c(C)[n+]21. The molecule has 4 heterocycles. The van der Waals surface area contributed by atoms with Crippen molar-refractivity contribution >= 4 is 5.97 Å². The standard InChI is InChI=1S/C25H23F5N3O2/c1-5-24(6-2)14-10-15(26)19(25(28,29)30)20(27)18(14)16-9-12(3)7-8-32(16)21(24)22-33-13(4)31-11-17(33)23(34)35-22/h7-11,21-22H,5-6H2,1-4H3/q+1/p+1. The third-order valence-electron chi connectivity index (χ3n) is 7.56. The summed E-state index contributed by atoms with van der Waals surface area (Å²) in [5.41, 5.74) is -1.93. The van der Waals surface area contributed by atoms with E-state index in [-0.39, 0.29) is 16.8 Å². The van der Waals surface area contributed by atoms with Crippen LogP contribution in [-0.2, 0) is 16.3 Å². The number of benzene rings is 1. The molecule has 2 unspecified atom stereocenters. The maximum Gasteiger partial charge on any atom is 0.422 e. The second-order valence-corrected chi connectivity index (χ2v) is 9.20. The summed E-state index contributed by atoms with van der Waals surface area (Å²) < 4.78 is 80.9. The van der Waals surface area contributed by atoms with Crippen LogP contribution in [0, 0.1) is 25.5 Å². The van der Waals surface area contributed by atoms with Crippen molar-refractivity contribution in [1.29, 1.82) is 0 Å². The number of alkyl halides is 3. The zero-order valence-electron chi connectivity index (χ0n) is 19.6. The fourth-order valence-corrected chi connectivity index (χ4v) is 5.87. The smallest absolute Gasteiger partial charge is 0.408 e. The minimum Gasteiger partial charge on any atom is -0.408 e. The van der Waals surface area contributed by atoms with Gasteiger partial charge in [0.1, 0.15) is 17.6 Å². The molecular formula is C25H24F5N3O2+2. The first kappa shape index (κ1) is 23.4. The number of esters is 1. The highest BCUT2D eigenvalue weighted by atomic mass is 19.4. The van der Waals surface area contributed by atoms with E-state index in [1.54, 1.807) is 41.3 Å². The molecule has 35 heavy (non-hydrogen) atoms. The van der Waals surface area contributed by atoms with Crippen molar-refractivity contribution in [3.63, 3.8) is 0 Å². The molecule has 1 aromatic carbocycles. The molecule has 0 fully saturated rings. The molecule has 2 aliphatic heterocycles. The Morgan fingerprint density at radius 1 is 1.11 bits per heavy atom. The number of H-pyrrole nitrogens is 1. The van der Waals surface area contributed by atoms with Crippen molar-refractivity contribution in [2.75, 3.05) is 0 Å². The van der Waals surface area contributed by atoms with Gasteiger partial charge in [-0.15, -0.1) is 0 Å². The van der Waals surface area contributed by atoms with E-state index in [4.69, 9.17) is 4.74 Å². The number of halogens is 5. The lowest BCUT2D eigenvalue weighted by Crippen LogP contribution is -2.63. The van der Waals surface area contributed by atoms with Gasteiger partial charge >= 0.3 is 18.4 Å². The Morgan fingerprint density at radius 3 is 2.43 bits per heavy atom. The molecule has 2 aliphatic rings. The molecule has 5 rings (SSSR count). The Bertz CT molecular complexity index is 1370. The van der Waals surface area contributed by atoms with E-state index >= 15 is 4.39 Å². The number of rotatable bonds is 3. The van der Waals surface area contributed by atoms with E-state index < -0.39 is 47.0 Å². The molecular weight excluding hydrogens is 469 g/mol. The van der Waals surface area contributed by atoms with Crippen LogP contribution in [0.2, 0.25) is 0 Å². The molecule has 0 radical (unpaired) electrons. The van der Waals surface area contributed by atoms with Crippen LogP contribution in [0.5, 0.6) is 0 Å². The number of ether oxygens (including phenoxy) is 1. The molecule has 0 saturated carbocycles. The molecule has 10 heteroatoms. The molecule has 0 saturated heterocycles. The molecule has 5 nitrogen and oxygen atoms in total. The van der Waals surface area contributed by atoms with Gasteiger partial charge in [0.2, 0.25) is 11.7 Å². The van der Waals surface area contributed by atoms with E-state index in [2.05, 4.69) is 4.98 Å². The van der Waals surface area contributed by atoms with Crippen LogP contribution >= 0.6 is 0 Å². The number of carbonyl (C=O) groups is 1. The molecule has 0 spiro atoms. The van der Waals surface area contributed by atoms with Gasteiger partial charge in [-0.3, -0.25) is 0 Å².